The second-order valence-electron chi connectivity index (χ2n) is 4.79. The lowest BCUT2D eigenvalue weighted by Crippen LogP contribution is -2.00. The summed E-state index contributed by atoms with van der Waals surface area (Å²) in [4.78, 5) is 3.48. The summed E-state index contributed by atoms with van der Waals surface area (Å²) in [5.41, 5.74) is 0. The molecule has 4 heteroatoms. The van der Waals surface area contributed by atoms with E-state index in [9.17, 15) is 0 Å². The van der Waals surface area contributed by atoms with Crippen LogP contribution in [-0.2, 0) is 0 Å². The van der Waals surface area contributed by atoms with Crippen molar-refractivity contribution in [2.45, 2.75) is 14.7 Å². The third-order valence-corrected chi connectivity index (χ3v) is 4.23. The summed E-state index contributed by atoms with van der Waals surface area (Å²) in [7, 11) is 0. The molecule has 0 unspecified atom stereocenters. The summed E-state index contributed by atoms with van der Waals surface area (Å²) >= 11 is 5.91. The molecule has 24 heavy (non-hydrogen) atoms. The van der Waals surface area contributed by atoms with E-state index < -0.39 is 0 Å². The molecule has 3 rings (SSSR count). The number of aliphatic hydroxyl groups excluding tert-OH is 1. The van der Waals surface area contributed by atoms with Crippen molar-refractivity contribution in [3.63, 3.8) is 0 Å². The third-order valence-electron chi connectivity index (χ3n) is 2.92. The third kappa shape index (κ3) is 7.13. The minimum atomic E-state index is 0.0443. The first-order valence-electron chi connectivity index (χ1n) is 7.58. The Labute approximate surface area is 152 Å². The molecule has 0 amide bonds. The van der Waals surface area contributed by atoms with Crippen LogP contribution in [0.3, 0.4) is 0 Å². The van der Waals surface area contributed by atoms with Crippen molar-refractivity contribution in [3.8, 4) is 5.75 Å². The van der Waals surface area contributed by atoms with Gasteiger partial charge in [0.25, 0.3) is 0 Å². The highest BCUT2D eigenvalue weighted by atomic mass is 32.2. The van der Waals surface area contributed by atoms with Crippen molar-refractivity contribution in [3.05, 3.63) is 84.9 Å². The van der Waals surface area contributed by atoms with Crippen molar-refractivity contribution in [2.24, 2.45) is 0 Å². The Morgan fingerprint density at radius 3 is 1.71 bits per heavy atom. The van der Waals surface area contributed by atoms with Gasteiger partial charge in [-0.2, -0.15) is 0 Å². The zero-order valence-electron chi connectivity index (χ0n) is 13.2. The van der Waals surface area contributed by atoms with Crippen LogP contribution < -0.4 is 4.74 Å². The van der Waals surface area contributed by atoms with E-state index in [1.165, 1.54) is 9.79 Å². The van der Waals surface area contributed by atoms with Crippen LogP contribution >= 0.6 is 24.4 Å². The van der Waals surface area contributed by atoms with Gasteiger partial charge in [-0.05, 0) is 48.5 Å². The van der Waals surface area contributed by atoms with Gasteiger partial charge in [0.05, 0.1) is 6.61 Å². The van der Waals surface area contributed by atoms with Crippen molar-refractivity contribution >= 4 is 24.4 Å². The van der Waals surface area contributed by atoms with Gasteiger partial charge >= 0.3 is 0 Å². The fourth-order valence-corrected chi connectivity index (χ4v) is 2.83. The van der Waals surface area contributed by atoms with Gasteiger partial charge in [-0.25, -0.2) is 0 Å². The minimum Gasteiger partial charge on any atom is -0.491 e. The molecule has 0 heterocycles. The number of thiol groups is 1. The van der Waals surface area contributed by atoms with E-state index in [-0.39, 0.29) is 6.61 Å². The van der Waals surface area contributed by atoms with Crippen LogP contribution in [0.25, 0.3) is 0 Å². The number of hydrogen-bond acceptors (Lipinski definition) is 4. The first-order valence-corrected chi connectivity index (χ1v) is 8.85. The smallest absolute Gasteiger partial charge is 0.119 e. The van der Waals surface area contributed by atoms with E-state index >= 15 is 0 Å². The molecule has 0 radical (unpaired) electrons. The van der Waals surface area contributed by atoms with Crippen LogP contribution in [0.4, 0.5) is 0 Å². The number of benzene rings is 3. The van der Waals surface area contributed by atoms with Gasteiger partial charge in [-0.1, -0.05) is 48.2 Å². The Balaban J connectivity index is 0.000000177. The minimum absolute atomic E-state index is 0.0443. The highest BCUT2D eigenvalue weighted by Crippen LogP contribution is 2.26. The van der Waals surface area contributed by atoms with Crippen molar-refractivity contribution in [1.29, 1.82) is 0 Å². The first kappa shape index (κ1) is 18.5. The van der Waals surface area contributed by atoms with Crippen LogP contribution in [0.15, 0.2) is 99.6 Å². The maximum Gasteiger partial charge on any atom is 0.119 e. The van der Waals surface area contributed by atoms with Crippen LogP contribution in [0.1, 0.15) is 0 Å². The molecule has 0 aliphatic rings. The quantitative estimate of drug-likeness (QED) is 0.617. The lowest BCUT2D eigenvalue weighted by molar-refractivity contribution is 0.201. The molecule has 3 aromatic rings. The van der Waals surface area contributed by atoms with Crippen molar-refractivity contribution in [1.82, 2.24) is 0 Å². The Hall–Kier alpha value is -1.88. The molecule has 2 nitrogen and oxygen atoms in total. The van der Waals surface area contributed by atoms with E-state index in [4.69, 9.17) is 9.84 Å². The van der Waals surface area contributed by atoms with Crippen LogP contribution in [0.2, 0.25) is 0 Å². The molecule has 0 aliphatic heterocycles. The lowest BCUT2D eigenvalue weighted by Gasteiger charge is -2.02. The van der Waals surface area contributed by atoms with E-state index in [1.807, 2.05) is 36.4 Å². The maximum atomic E-state index is 8.44. The molecular formula is C20H20O2S2. The molecule has 0 fully saturated rings. The summed E-state index contributed by atoms with van der Waals surface area (Å²) in [6, 6.07) is 28.1. The summed E-state index contributed by atoms with van der Waals surface area (Å²) in [5, 5.41) is 8.44. The molecular weight excluding hydrogens is 336 g/mol. The Morgan fingerprint density at radius 2 is 1.25 bits per heavy atom. The molecule has 1 N–H and O–H groups in total. The van der Waals surface area contributed by atoms with E-state index in [1.54, 1.807) is 11.8 Å². The van der Waals surface area contributed by atoms with Crippen LogP contribution in [0, 0.1) is 0 Å². The van der Waals surface area contributed by atoms with Gasteiger partial charge in [0, 0.05) is 14.7 Å². The van der Waals surface area contributed by atoms with Gasteiger partial charge in [0.1, 0.15) is 12.4 Å². The summed E-state index contributed by atoms with van der Waals surface area (Å²) in [6.45, 7) is 0.383. The topological polar surface area (TPSA) is 29.5 Å². The van der Waals surface area contributed by atoms with E-state index in [0.29, 0.717) is 6.61 Å². The zero-order valence-corrected chi connectivity index (χ0v) is 14.9. The van der Waals surface area contributed by atoms with Crippen LogP contribution in [0.5, 0.6) is 5.75 Å². The molecule has 3 aromatic carbocycles. The van der Waals surface area contributed by atoms with Gasteiger partial charge < -0.3 is 9.84 Å². The Kier molecular flexibility index (Phi) is 8.32. The summed E-state index contributed by atoms with van der Waals surface area (Å²) < 4.78 is 5.13. The van der Waals surface area contributed by atoms with Crippen LogP contribution in [-0.4, -0.2) is 18.3 Å². The zero-order chi connectivity index (χ0) is 17.0. The number of aliphatic hydroxyl groups is 1. The Bertz CT molecular complexity index is 648. The number of ether oxygens (including phenoxy) is 1. The summed E-state index contributed by atoms with van der Waals surface area (Å²) in [6.07, 6.45) is 0. The van der Waals surface area contributed by atoms with Gasteiger partial charge in [-0.3, -0.25) is 0 Å². The lowest BCUT2D eigenvalue weighted by atomic mass is 10.3. The molecule has 0 saturated carbocycles. The highest BCUT2D eigenvalue weighted by Gasteiger charge is 1.93. The maximum absolute atomic E-state index is 8.44. The number of rotatable bonds is 5. The fraction of sp³-hybridized carbons (Fsp3) is 0.100. The second kappa shape index (κ2) is 10.8. The van der Waals surface area contributed by atoms with Gasteiger partial charge in [0.2, 0.25) is 0 Å². The van der Waals surface area contributed by atoms with E-state index in [0.717, 1.165) is 10.6 Å². The molecule has 0 saturated heterocycles. The summed E-state index contributed by atoms with van der Waals surface area (Å²) in [5.74, 6) is 0.761. The molecule has 0 spiro atoms. The average Bonchev–Trinajstić information content (AvgIpc) is 2.64. The predicted octanol–water partition coefficient (Wildman–Crippen LogP) is 5.18. The first-order chi connectivity index (χ1) is 11.8. The monoisotopic (exact) mass is 356 g/mol. The molecule has 0 atom stereocenters. The standard InChI is InChI=1S/C12H10S.C8H10O2S/c1-3-7-11(8-4-1)13-12-9-5-2-6-10-12;9-5-6-10-7-1-3-8(11)4-2-7/h1-10H;1-4,9,11H,5-6H2. The average molecular weight is 357 g/mol. The number of hydrogen-bond donors (Lipinski definition) is 2. The molecule has 0 bridgehead atoms. The second-order valence-corrected chi connectivity index (χ2v) is 6.46. The van der Waals surface area contributed by atoms with Gasteiger partial charge in [-0.15, -0.1) is 12.6 Å². The molecule has 0 aliphatic carbocycles. The largest absolute Gasteiger partial charge is 0.491 e. The molecule has 0 aromatic heterocycles. The van der Waals surface area contributed by atoms with Gasteiger partial charge in [0.15, 0.2) is 0 Å². The van der Waals surface area contributed by atoms with Crippen molar-refractivity contribution in [2.75, 3.05) is 13.2 Å². The van der Waals surface area contributed by atoms with Crippen molar-refractivity contribution < 1.29 is 9.84 Å². The predicted molar refractivity (Wildman–Crippen MR) is 103 cm³/mol. The fourth-order valence-electron chi connectivity index (χ4n) is 1.82. The normalized spacial score (nSPS) is 9.75. The Morgan fingerprint density at radius 1 is 0.750 bits per heavy atom. The highest BCUT2D eigenvalue weighted by molar-refractivity contribution is 7.99. The molecule has 124 valence electrons. The SMILES string of the molecule is OCCOc1ccc(S)cc1.c1ccc(Sc2ccccc2)cc1. The van der Waals surface area contributed by atoms with E-state index in [2.05, 4.69) is 61.2 Å².